The molecule has 0 aromatic heterocycles. The molecule has 76 valence electrons. The Hall–Kier alpha value is -0.490. The molecule has 1 unspecified atom stereocenters. The van der Waals surface area contributed by atoms with Gasteiger partial charge in [0.15, 0.2) is 0 Å². The Morgan fingerprint density at radius 2 is 1.93 bits per heavy atom. The molecule has 1 heteroatoms. The minimum absolute atomic E-state index is 0.443. The summed E-state index contributed by atoms with van der Waals surface area (Å²) in [5.41, 5.74) is 1.44. The van der Waals surface area contributed by atoms with Gasteiger partial charge in [-0.15, -0.1) is 11.6 Å². The van der Waals surface area contributed by atoms with E-state index in [1.165, 1.54) is 37.7 Å². The summed E-state index contributed by atoms with van der Waals surface area (Å²) in [7, 11) is 0. The largest absolute Gasteiger partial charge is 0.123 e. The van der Waals surface area contributed by atoms with Crippen LogP contribution in [0.5, 0.6) is 0 Å². The Labute approximate surface area is 91.3 Å². The van der Waals surface area contributed by atoms with Gasteiger partial charge in [0.25, 0.3) is 0 Å². The van der Waals surface area contributed by atoms with Gasteiger partial charge in [-0.25, -0.2) is 0 Å². The molecule has 0 radical (unpaired) electrons. The van der Waals surface area contributed by atoms with Crippen LogP contribution in [0, 0.1) is 5.92 Å². The second-order valence-electron chi connectivity index (χ2n) is 4.23. The number of hydrogen-bond acceptors (Lipinski definition) is 0. The first-order valence-corrected chi connectivity index (χ1v) is 5.98. The van der Waals surface area contributed by atoms with E-state index in [9.17, 15) is 0 Å². The Morgan fingerprint density at radius 3 is 2.57 bits per heavy atom. The summed E-state index contributed by atoms with van der Waals surface area (Å²) in [4.78, 5) is 0. The standard InChI is InChI=1S/C13H17Cl/c14-13(12-9-10-12)8-4-7-11-5-2-1-3-6-11/h1-3,5-6,12-13H,4,7-10H2. The molecular weight excluding hydrogens is 192 g/mol. The van der Waals surface area contributed by atoms with Crippen LogP contribution in [0.1, 0.15) is 31.2 Å². The molecule has 1 aromatic carbocycles. The van der Waals surface area contributed by atoms with Crippen molar-refractivity contribution < 1.29 is 0 Å². The van der Waals surface area contributed by atoms with E-state index in [2.05, 4.69) is 30.3 Å². The van der Waals surface area contributed by atoms with Crippen molar-refractivity contribution in [3.63, 3.8) is 0 Å². The first-order valence-electron chi connectivity index (χ1n) is 5.54. The zero-order valence-electron chi connectivity index (χ0n) is 8.45. The van der Waals surface area contributed by atoms with Crippen molar-refractivity contribution in [1.82, 2.24) is 0 Å². The van der Waals surface area contributed by atoms with Gasteiger partial charge in [-0.05, 0) is 43.6 Å². The minimum Gasteiger partial charge on any atom is -0.123 e. The van der Waals surface area contributed by atoms with E-state index in [1.54, 1.807) is 0 Å². The third-order valence-corrected chi connectivity index (χ3v) is 3.50. The van der Waals surface area contributed by atoms with Gasteiger partial charge in [-0.2, -0.15) is 0 Å². The van der Waals surface area contributed by atoms with Crippen molar-refractivity contribution in [2.45, 2.75) is 37.5 Å². The highest BCUT2D eigenvalue weighted by atomic mass is 35.5. The van der Waals surface area contributed by atoms with E-state index in [4.69, 9.17) is 11.6 Å². The third-order valence-electron chi connectivity index (χ3n) is 2.92. The maximum Gasteiger partial charge on any atom is 0.0364 e. The molecule has 0 N–H and O–H groups in total. The Kier molecular flexibility index (Phi) is 3.47. The second-order valence-corrected chi connectivity index (χ2v) is 4.79. The van der Waals surface area contributed by atoms with Crippen LogP contribution in [-0.4, -0.2) is 5.38 Å². The van der Waals surface area contributed by atoms with Crippen LogP contribution in [0.2, 0.25) is 0 Å². The summed E-state index contributed by atoms with van der Waals surface area (Å²) in [6.45, 7) is 0. The fourth-order valence-corrected chi connectivity index (χ4v) is 2.25. The third kappa shape index (κ3) is 3.02. The predicted octanol–water partition coefficient (Wildman–Crippen LogP) is 4.03. The minimum atomic E-state index is 0.443. The van der Waals surface area contributed by atoms with Crippen LogP contribution in [0.15, 0.2) is 30.3 Å². The molecule has 0 aliphatic heterocycles. The van der Waals surface area contributed by atoms with Gasteiger partial charge in [0, 0.05) is 5.38 Å². The van der Waals surface area contributed by atoms with Crippen LogP contribution in [0.4, 0.5) is 0 Å². The lowest BCUT2D eigenvalue weighted by Gasteiger charge is -2.06. The quantitative estimate of drug-likeness (QED) is 0.641. The Bertz CT molecular complexity index is 264. The van der Waals surface area contributed by atoms with Crippen molar-refractivity contribution in [3.05, 3.63) is 35.9 Å². The van der Waals surface area contributed by atoms with Crippen LogP contribution >= 0.6 is 11.6 Å². The van der Waals surface area contributed by atoms with Gasteiger partial charge in [-0.3, -0.25) is 0 Å². The SMILES string of the molecule is ClC(CCCc1ccccc1)C1CC1. The number of halogens is 1. The lowest BCUT2D eigenvalue weighted by Crippen LogP contribution is -2.01. The van der Waals surface area contributed by atoms with Crippen molar-refractivity contribution in [3.8, 4) is 0 Å². The number of aryl methyl sites for hydroxylation is 1. The number of alkyl halides is 1. The molecule has 0 heterocycles. The summed E-state index contributed by atoms with van der Waals surface area (Å²) in [6.07, 6.45) is 6.31. The zero-order valence-corrected chi connectivity index (χ0v) is 9.21. The Morgan fingerprint density at radius 1 is 1.21 bits per heavy atom. The fourth-order valence-electron chi connectivity index (χ4n) is 1.84. The van der Waals surface area contributed by atoms with Crippen LogP contribution in [-0.2, 0) is 6.42 Å². The van der Waals surface area contributed by atoms with Crippen molar-refractivity contribution in [2.24, 2.45) is 5.92 Å². The van der Waals surface area contributed by atoms with Gasteiger partial charge >= 0.3 is 0 Å². The molecule has 1 aliphatic carbocycles. The van der Waals surface area contributed by atoms with E-state index in [-0.39, 0.29) is 0 Å². The maximum absolute atomic E-state index is 6.24. The van der Waals surface area contributed by atoms with E-state index in [0.29, 0.717) is 5.38 Å². The predicted molar refractivity (Wildman–Crippen MR) is 61.7 cm³/mol. The van der Waals surface area contributed by atoms with E-state index in [1.807, 2.05) is 0 Å². The molecule has 14 heavy (non-hydrogen) atoms. The van der Waals surface area contributed by atoms with Gasteiger partial charge in [0.1, 0.15) is 0 Å². The van der Waals surface area contributed by atoms with E-state index in [0.717, 1.165) is 5.92 Å². The van der Waals surface area contributed by atoms with Crippen LogP contribution in [0.25, 0.3) is 0 Å². The molecule has 1 aliphatic rings. The summed E-state index contributed by atoms with van der Waals surface area (Å²) in [6, 6.07) is 10.7. The smallest absolute Gasteiger partial charge is 0.0364 e. The topological polar surface area (TPSA) is 0 Å². The van der Waals surface area contributed by atoms with Crippen LogP contribution in [0.3, 0.4) is 0 Å². The zero-order chi connectivity index (χ0) is 9.80. The molecule has 0 saturated heterocycles. The number of benzene rings is 1. The molecule has 1 saturated carbocycles. The van der Waals surface area contributed by atoms with Crippen molar-refractivity contribution >= 4 is 11.6 Å². The molecule has 1 atom stereocenters. The second kappa shape index (κ2) is 4.84. The fraction of sp³-hybridized carbons (Fsp3) is 0.538. The summed E-state index contributed by atoms with van der Waals surface area (Å²) >= 11 is 6.24. The summed E-state index contributed by atoms with van der Waals surface area (Å²) in [5.74, 6) is 0.840. The highest BCUT2D eigenvalue weighted by Crippen LogP contribution is 2.37. The molecule has 0 spiro atoms. The first kappa shape index (κ1) is 10.0. The molecule has 2 rings (SSSR count). The number of hydrogen-bond donors (Lipinski definition) is 0. The molecule has 1 aromatic rings. The average Bonchev–Trinajstić information content (AvgIpc) is 3.02. The van der Waals surface area contributed by atoms with Gasteiger partial charge < -0.3 is 0 Å². The van der Waals surface area contributed by atoms with Gasteiger partial charge in [0.05, 0.1) is 0 Å². The summed E-state index contributed by atoms with van der Waals surface area (Å²) in [5, 5.41) is 0.443. The lowest BCUT2D eigenvalue weighted by molar-refractivity contribution is 0.637. The molecule has 0 bridgehead atoms. The van der Waals surface area contributed by atoms with E-state index < -0.39 is 0 Å². The molecular formula is C13H17Cl. The highest BCUT2D eigenvalue weighted by Gasteiger charge is 2.28. The lowest BCUT2D eigenvalue weighted by atomic mass is 10.1. The normalized spacial score (nSPS) is 18.1. The highest BCUT2D eigenvalue weighted by molar-refractivity contribution is 6.20. The maximum atomic E-state index is 6.24. The molecule has 0 nitrogen and oxygen atoms in total. The first-order chi connectivity index (χ1) is 6.86. The van der Waals surface area contributed by atoms with Gasteiger partial charge in [0.2, 0.25) is 0 Å². The number of rotatable bonds is 5. The molecule has 1 fully saturated rings. The Balaban J connectivity index is 1.67. The van der Waals surface area contributed by atoms with E-state index >= 15 is 0 Å². The summed E-state index contributed by atoms with van der Waals surface area (Å²) < 4.78 is 0. The average molecular weight is 209 g/mol. The monoisotopic (exact) mass is 208 g/mol. The molecule has 0 amide bonds. The van der Waals surface area contributed by atoms with Crippen molar-refractivity contribution in [2.75, 3.05) is 0 Å². The van der Waals surface area contributed by atoms with Gasteiger partial charge in [-0.1, -0.05) is 30.3 Å². The van der Waals surface area contributed by atoms with Crippen LogP contribution < -0.4 is 0 Å². The van der Waals surface area contributed by atoms with Crippen molar-refractivity contribution in [1.29, 1.82) is 0 Å².